The molecule has 0 amide bonds. The molecule has 1 nitrogen and oxygen atoms in total. The lowest BCUT2D eigenvalue weighted by molar-refractivity contribution is 0.876. The van der Waals surface area contributed by atoms with Gasteiger partial charge in [0.1, 0.15) is 5.15 Å². The number of hydrogen-bond donors (Lipinski definition) is 0. The lowest BCUT2D eigenvalue weighted by atomic mass is 9.93. The standard InChI is InChI=1S/C11H8ClNS/c12-11-10-8(5-6-13-11)7-3-1-2-4-9(7)14-10/h1-7,9H. The van der Waals surface area contributed by atoms with E-state index in [2.05, 4.69) is 35.4 Å². The van der Waals surface area contributed by atoms with E-state index < -0.39 is 0 Å². The minimum absolute atomic E-state index is 0.487. The Labute approximate surface area is 91.9 Å². The summed E-state index contributed by atoms with van der Waals surface area (Å²) in [6.45, 7) is 0. The first kappa shape index (κ1) is 8.57. The van der Waals surface area contributed by atoms with E-state index in [-0.39, 0.29) is 0 Å². The van der Waals surface area contributed by atoms with Crippen molar-refractivity contribution in [3.05, 3.63) is 47.3 Å². The van der Waals surface area contributed by atoms with Crippen molar-refractivity contribution in [2.45, 2.75) is 16.1 Å². The van der Waals surface area contributed by atoms with Gasteiger partial charge in [-0.15, -0.1) is 11.8 Å². The summed E-state index contributed by atoms with van der Waals surface area (Å²) in [5.74, 6) is 0.487. The monoisotopic (exact) mass is 221 g/mol. The third-order valence-corrected chi connectivity index (χ3v) is 4.37. The maximum Gasteiger partial charge on any atom is 0.142 e. The second-order valence-electron chi connectivity index (χ2n) is 3.40. The number of hydrogen-bond acceptors (Lipinski definition) is 2. The largest absolute Gasteiger partial charge is 0.243 e. The maximum atomic E-state index is 6.05. The summed E-state index contributed by atoms with van der Waals surface area (Å²) in [6, 6.07) is 2.07. The van der Waals surface area contributed by atoms with Crippen molar-refractivity contribution >= 4 is 23.4 Å². The molecule has 3 heteroatoms. The van der Waals surface area contributed by atoms with Crippen molar-refractivity contribution in [3.63, 3.8) is 0 Å². The van der Waals surface area contributed by atoms with Gasteiger partial charge >= 0.3 is 0 Å². The molecule has 1 aromatic rings. The minimum Gasteiger partial charge on any atom is -0.243 e. The topological polar surface area (TPSA) is 12.9 Å². The average molecular weight is 222 g/mol. The number of pyridine rings is 1. The summed E-state index contributed by atoms with van der Waals surface area (Å²) in [5.41, 5.74) is 1.32. The molecular weight excluding hydrogens is 214 g/mol. The number of allylic oxidation sites excluding steroid dienone is 3. The van der Waals surface area contributed by atoms with Crippen molar-refractivity contribution < 1.29 is 0 Å². The van der Waals surface area contributed by atoms with E-state index in [0.29, 0.717) is 16.3 Å². The molecule has 0 saturated carbocycles. The van der Waals surface area contributed by atoms with Crippen LogP contribution in [0.15, 0.2) is 41.5 Å². The van der Waals surface area contributed by atoms with Gasteiger partial charge in [-0.1, -0.05) is 35.9 Å². The van der Waals surface area contributed by atoms with Gasteiger partial charge in [0.15, 0.2) is 0 Å². The molecule has 0 spiro atoms. The predicted molar refractivity (Wildman–Crippen MR) is 59.9 cm³/mol. The fourth-order valence-electron chi connectivity index (χ4n) is 1.93. The molecule has 0 fully saturated rings. The lowest BCUT2D eigenvalue weighted by Crippen LogP contribution is -2.06. The maximum absolute atomic E-state index is 6.05. The number of nitrogens with zero attached hydrogens (tertiary/aromatic N) is 1. The zero-order chi connectivity index (χ0) is 9.54. The van der Waals surface area contributed by atoms with Crippen LogP contribution in [0.1, 0.15) is 11.5 Å². The van der Waals surface area contributed by atoms with Gasteiger partial charge in [0, 0.05) is 22.3 Å². The van der Waals surface area contributed by atoms with E-state index in [1.807, 2.05) is 11.8 Å². The molecule has 1 aromatic heterocycles. The number of thioether (sulfide) groups is 1. The molecule has 2 unspecified atom stereocenters. The molecule has 1 aliphatic carbocycles. The zero-order valence-corrected chi connectivity index (χ0v) is 8.92. The molecule has 0 bridgehead atoms. The van der Waals surface area contributed by atoms with Gasteiger partial charge in [0.2, 0.25) is 0 Å². The predicted octanol–water partition coefficient (Wildman–Crippen LogP) is 3.42. The van der Waals surface area contributed by atoms with Gasteiger partial charge in [-0.25, -0.2) is 4.98 Å². The number of rotatable bonds is 0. The van der Waals surface area contributed by atoms with Crippen LogP contribution in [0, 0.1) is 0 Å². The third-order valence-electron chi connectivity index (χ3n) is 2.59. The Balaban J connectivity index is 2.15. The van der Waals surface area contributed by atoms with Crippen molar-refractivity contribution in [2.75, 3.05) is 0 Å². The molecule has 2 atom stereocenters. The molecule has 2 heterocycles. The first-order valence-electron chi connectivity index (χ1n) is 4.52. The highest BCUT2D eigenvalue weighted by Gasteiger charge is 2.32. The quantitative estimate of drug-likeness (QED) is 0.623. The summed E-state index contributed by atoms with van der Waals surface area (Å²) in [6.07, 6.45) is 10.5. The van der Waals surface area contributed by atoms with Crippen LogP contribution in [-0.2, 0) is 0 Å². The lowest BCUT2D eigenvalue weighted by Gasteiger charge is -2.14. The second kappa shape index (κ2) is 3.14. The normalized spacial score (nSPS) is 27.5. The molecule has 1 aliphatic heterocycles. The molecule has 3 rings (SSSR count). The first-order valence-corrected chi connectivity index (χ1v) is 5.78. The van der Waals surface area contributed by atoms with Crippen LogP contribution in [0.3, 0.4) is 0 Å². The molecule has 14 heavy (non-hydrogen) atoms. The fraction of sp³-hybridized carbons (Fsp3) is 0.182. The van der Waals surface area contributed by atoms with E-state index in [1.54, 1.807) is 6.20 Å². The van der Waals surface area contributed by atoms with Crippen molar-refractivity contribution in [1.82, 2.24) is 4.98 Å². The Morgan fingerprint density at radius 1 is 1.29 bits per heavy atom. The van der Waals surface area contributed by atoms with Gasteiger partial charge in [0.05, 0.1) is 0 Å². The summed E-state index contributed by atoms with van der Waals surface area (Å²) in [7, 11) is 0. The summed E-state index contributed by atoms with van der Waals surface area (Å²) in [5, 5.41) is 1.15. The van der Waals surface area contributed by atoms with E-state index in [9.17, 15) is 0 Å². The minimum atomic E-state index is 0.487. The molecule has 0 radical (unpaired) electrons. The van der Waals surface area contributed by atoms with E-state index in [0.717, 1.165) is 4.90 Å². The van der Waals surface area contributed by atoms with Crippen LogP contribution < -0.4 is 0 Å². The molecule has 0 saturated heterocycles. The van der Waals surface area contributed by atoms with Crippen LogP contribution in [0.2, 0.25) is 5.15 Å². The summed E-state index contributed by atoms with van der Waals surface area (Å²) < 4.78 is 0. The van der Waals surface area contributed by atoms with Gasteiger partial charge in [0.25, 0.3) is 0 Å². The van der Waals surface area contributed by atoms with Crippen molar-refractivity contribution in [3.8, 4) is 0 Å². The number of aromatic nitrogens is 1. The number of halogens is 1. The van der Waals surface area contributed by atoms with Crippen LogP contribution in [0.5, 0.6) is 0 Å². The summed E-state index contributed by atoms with van der Waals surface area (Å²) >= 11 is 7.87. The third kappa shape index (κ3) is 1.14. The smallest absolute Gasteiger partial charge is 0.142 e. The highest BCUT2D eigenvalue weighted by atomic mass is 35.5. The Morgan fingerprint density at radius 2 is 2.14 bits per heavy atom. The highest BCUT2D eigenvalue weighted by molar-refractivity contribution is 8.00. The van der Waals surface area contributed by atoms with Crippen LogP contribution in [-0.4, -0.2) is 10.2 Å². The zero-order valence-electron chi connectivity index (χ0n) is 7.35. The van der Waals surface area contributed by atoms with Gasteiger partial charge in [-0.2, -0.15) is 0 Å². The Morgan fingerprint density at radius 3 is 3.07 bits per heavy atom. The van der Waals surface area contributed by atoms with Gasteiger partial charge in [-0.05, 0) is 11.6 Å². The number of fused-ring (bicyclic) bond motifs is 3. The Kier molecular flexibility index (Phi) is 1.92. The molecule has 0 aromatic carbocycles. The Bertz CT molecular complexity index is 439. The molecular formula is C11H8ClNS. The van der Waals surface area contributed by atoms with E-state index >= 15 is 0 Å². The van der Waals surface area contributed by atoms with Gasteiger partial charge in [-0.3, -0.25) is 0 Å². The Hall–Kier alpha value is -0.730. The summed E-state index contributed by atoms with van der Waals surface area (Å²) in [4.78, 5) is 5.26. The van der Waals surface area contributed by atoms with Crippen molar-refractivity contribution in [2.24, 2.45) is 0 Å². The molecule has 2 aliphatic rings. The van der Waals surface area contributed by atoms with Crippen molar-refractivity contribution in [1.29, 1.82) is 0 Å². The van der Waals surface area contributed by atoms with Crippen LogP contribution >= 0.6 is 23.4 Å². The van der Waals surface area contributed by atoms with Gasteiger partial charge < -0.3 is 0 Å². The SMILES string of the molecule is Clc1nccc2c1SC1C=CC=CC21. The van der Waals surface area contributed by atoms with E-state index in [1.165, 1.54) is 5.56 Å². The highest BCUT2D eigenvalue weighted by Crippen LogP contribution is 2.49. The fourth-order valence-corrected chi connectivity index (χ4v) is 3.55. The molecule has 0 N–H and O–H groups in total. The average Bonchev–Trinajstić information content (AvgIpc) is 2.59. The second-order valence-corrected chi connectivity index (χ2v) is 4.94. The van der Waals surface area contributed by atoms with E-state index in [4.69, 9.17) is 11.6 Å². The first-order chi connectivity index (χ1) is 6.86. The molecule has 70 valence electrons. The van der Waals surface area contributed by atoms with Crippen LogP contribution in [0.4, 0.5) is 0 Å². The van der Waals surface area contributed by atoms with Crippen LogP contribution in [0.25, 0.3) is 0 Å².